The van der Waals surface area contributed by atoms with Gasteiger partial charge in [0.2, 0.25) is 5.11 Å². The van der Waals surface area contributed by atoms with Gasteiger partial charge in [-0.05, 0) is 31.6 Å². The Labute approximate surface area is 81.6 Å². The number of nitrogens with two attached hydrogens (primary N) is 1. The second-order valence-corrected chi connectivity index (χ2v) is 2.91. The van der Waals surface area contributed by atoms with Crippen molar-refractivity contribution < 1.29 is 0 Å². The number of hydrogen-bond donors (Lipinski definition) is 2. The zero-order valence-corrected chi connectivity index (χ0v) is 8.30. The van der Waals surface area contributed by atoms with Gasteiger partial charge in [-0.2, -0.15) is 5.10 Å². The summed E-state index contributed by atoms with van der Waals surface area (Å²) in [6.07, 6.45) is 3.14. The van der Waals surface area contributed by atoms with Crippen LogP contribution < -0.4 is 11.3 Å². The molecule has 13 heavy (non-hydrogen) atoms. The molecule has 0 spiro atoms. The van der Waals surface area contributed by atoms with Gasteiger partial charge in [0, 0.05) is 6.20 Å². The smallest absolute Gasteiger partial charge is 0.221 e. The molecule has 5 nitrogen and oxygen atoms in total. The first-order chi connectivity index (χ1) is 6.15. The van der Waals surface area contributed by atoms with E-state index in [0.29, 0.717) is 5.11 Å². The lowest BCUT2D eigenvalue weighted by atomic mass is 10.3. The monoisotopic (exact) mass is 197 g/mol. The minimum atomic E-state index is 0.356. The van der Waals surface area contributed by atoms with Crippen molar-refractivity contribution in [3.05, 3.63) is 17.5 Å². The van der Waals surface area contributed by atoms with Crippen molar-refractivity contribution in [1.29, 1.82) is 0 Å². The summed E-state index contributed by atoms with van der Waals surface area (Å²) in [5.41, 5.74) is 4.29. The summed E-state index contributed by atoms with van der Waals surface area (Å²) in [4.78, 5) is 3.84. The van der Waals surface area contributed by atoms with Crippen LogP contribution in [-0.2, 0) is 0 Å². The van der Waals surface area contributed by atoms with Crippen molar-refractivity contribution in [3.63, 3.8) is 0 Å². The Morgan fingerprint density at radius 3 is 2.92 bits per heavy atom. The number of hydrogen-bond acceptors (Lipinski definition) is 3. The molecule has 1 aromatic rings. The minimum absolute atomic E-state index is 0.356. The number of aliphatic imine (C=N–C) groups is 1. The summed E-state index contributed by atoms with van der Waals surface area (Å²) in [5.74, 6) is 5.00. The number of aromatic nitrogens is 2. The molecule has 70 valence electrons. The van der Waals surface area contributed by atoms with E-state index in [1.54, 1.807) is 0 Å². The predicted octanol–water partition coefficient (Wildman–Crippen LogP) is 0.125. The van der Waals surface area contributed by atoms with E-state index < -0.39 is 0 Å². The number of rotatable bonds is 1. The lowest BCUT2D eigenvalue weighted by Gasteiger charge is -1.95. The molecular formula is C7H11N5S. The fourth-order valence-electron chi connectivity index (χ4n) is 0.796. The van der Waals surface area contributed by atoms with E-state index in [1.165, 1.54) is 11.0 Å². The molecule has 1 rings (SSSR count). The Morgan fingerprint density at radius 2 is 2.46 bits per heavy atom. The van der Waals surface area contributed by atoms with E-state index >= 15 is 0 Å². The highest BCUT2D eigenvalue weighted by Gasteiger charge is 2.02. The van der Waals surface area contributed by atoms with Crippen LogP contribution in [0.4, 0.5) is 0 Å². The molecule has 0 bridgehead atoms. The van der Waals surface area contributed by atoms with Gasteiger partial charge in [0.1, 0.15) is 6.34 Å². The maximum atomic E-state index is 5.00. The second-order valence-electron chi connectivity index (χ2n) is 2.55. The largest absolute Gasteiger partial charge is 0.315 e. The molecule has 0 aliphatic carbocycles. The molecule has 6 heteroatoms. The third-order valence-corrected chi connectivity index (χ3v) is 1.88. The normalized spacial score (nSPS) is 10.7. The van der Waals surface area contributed by atoms with Crippen LogP contribution in [0.3, 0.4) is 0 Å². The first-order valence-electron chi connectivity index (χ1n) is 3.71. The van der Waals surface area contributed by atoms with Crippen LogP contribution in [0, 0.1) is 13.8 Å². The highest BCUT2D eigenvalue weighted by atomic mass is 32.1. The van der Waals surface area contributed by atoms with Gasteiger partial charge in [-0.3, -0.25) is 0 Å². The summed E-state index contributed by atoms with van der Waals surface area (Å²) in [7, 11) is 0. The molecular weight excluding hydrogens is 186 g/mol. The molecule has 0 aliphatic rings. The van der Waals surface area contributed by atoms with E-state index in [4.69, 9.17) is 18.1 Å². The van der Waals surface area contributed by atoms with Gasteiger partial charge in [0.15, 0.2) is 0 Å². The lowest BCUT2D eigenvalue weighted by Crippen LogP contribution is -2.20. The molecule has 0 radical (unpaired) electrons. The van der Waals surface area contributed by atoms with Gasteiger partial charge in [-0.1, -0.05) is 0 Å². The quantitative estimate of drug-likeness (QED) is 0.221. The van der Waals surface area contributed by atoms with Crippen molar-refractivity contribution >= 4 is 23.7 Å². The Kier molecular flexibility index (Phi) is 3.10. The van der Waals surface area contributed by atoms with Crippen LogP contribution in [-0.4, -0.2) is 21.2 Å². The lowest BCUT2D eigenvalue weighted by molar-refractivity contribution is 0.915. The third-order valence-electron chi connectivity index (χ3n) is 1.59. The standard InChI is InChI=1S/C7H11N5S/c1-5-3-12(11-6(5)2)7(13)9-4-10-8/h3-4H,8H2,1-2H3,(H,9,10,13). The van der Waals surface area contributed by atoms with Gasteiger partial charge in [0.25, 0.3) is 0 Å². The van der Waals surface area contributed by atoms with Crippen molar-refractivity contribution in [2.24, 2.45) is 10.8 Å². The van der Waals surface area contributed by atoms with Crippen LogP contribution in [0.2, 0.25) is 0 Å². The molecule has 0 aliphatic heterocycles. The third kappa shape index (κ3) is 2.33. The highest BCUT2D eigenvalue weighted by Crippen LogP contribution is 2.02. The van der Waals surface area contributed by atoms with Crippen LogP contribution in [0.5, 0.6) is 0 Å². The molecule has 0 saturated heterocycles. The average Bonchev–Trinajstić information content (AvgIpc) is 2.43. The Balaban J connectivity index is 2.83. The fraction of sp³-hybridized carbons (Fsp3) is 0.286. The topological polar surface area (TPSA) is 68.2 Å². The molecule has 0 fully saturated rings. The Bertz CT molecular complexity index is 321. The van der Waals surface area contributed by atoms with Gasteiger partial charge < -0.3 is 5.43 Å². The molecule has 0 aromatic carbocycles. The van der Waals surface area contributed by atoms with Gasteiger partial charge in [-0.25, -0.2) is 15.5 Å². The number of nitrogens with zero attached hydrogens (tertiary/aromatic N) is 3. The SMILES string of the molecule is Cc1cn(C(=S)N=CNN)nc1C. The van der Waals surface area contributed by atoms with E-state index in [0.717, 1.165) is 11.3 Å². The molecule has 1 heterocycles. The zero-order chi connectivity index (χ0) is 9.84. The molecule has 1 aromatic heterocycles. The number of aryl methyl sites for hydroxylation is 2. The molecule has 0 saturated carbocycles. The number of hydrazine groups is 1. The summed E-state index contributed by atoms with van der Waals surface area (Å²) in [5, 5.41) is 4.51. The van der Waals surface area contributed by atoms with Crippen molar-refractivity contribution in [2.45, 2.75) is 13.8 Å². The number of thiocarbonyl (C=S) groups is 1. The predicted molar refractivity (Wildman–Crippen MR) is 55.5 cm³/mol. The van der Waals surface area contributed by atoms with Crippen LogP contribution >= 0.6 is 12.2 Å². The molecule has 0 unspecified atom stereocenters. The van der Waals surface area contributed by atoms with Gasteiger partial charge >= 0.3 is 0 Å². The summed E-state index contributed by atoms with van der Waals surface area (Å²) in [6, 6.07) is 0. The van der Waals surface area contributed by atoms with E-state index in [9.17, 15) is 0 Å². The van der Waals surface area contributed by atoms with E-state index in [-0.39, 0.29) is 0 Å². The summed E-state index contributed by atoms with van der Waals surface area (Å²) >= 11 is 4.97. The second kappa shape index (κ2) is 4.11. The van der Waals surface area contributed by atoms with E-state index in [2.05, 4.69) is 15.5 Å². The van der Waals surface area contributed by atoms with Crippen LogP contribution in [0.25, 0.3) is 0 Å². The molecule has 0 atom stereocenters. The zero-order valence-electron chi connectivity index (χ0n) is 7.48. The van der Waals surface area contributed by atoms with E-state index in [1.807, 2.05) is 20.0 Å². The van der Waals surface area contributed by atoms with Gasteiger partial charge in [-0.15, -0.1) is 0 Å². The first-order valence-corrected chi connectivity index (χ1v) is 4.12. The molecule has 3 N–H and O–H groups in total. The van der Waals surface area contributed by atoms with Crippen LogP contribution in [0.1, 0.15) is 11.3 Å². The minimum Gasteiger partial charge on any atom is -0.315 e. The number of nitrogens with one attached hydrogen (secondary N) is 1. The summed E-state index contributed by atoms with van der Waals surface area (Å²) < 4.78 is 1.54. The summed E-state index contributed by atoms with van der Waals surface area (Å²) in [6.45, 7) is 3.88. The Hall–Kier alpha value is -1.27. The van der Waals surface area contributed by atoms with Crippen molar-refractivity contribution in [3.8, 4) is 0 Å². The van der Waals surface area contributed by atoms with Gasteiger partial charge in [0.05, 0.1) is 5.69 Å². The fourth-order valence-corrected chi connectivity index (χ4v) is 0.942. The van der Waals surface area contributed by atoms with Crippen molar-refractivity contribution in [2.75, 3.05) is 0 Å². The Morgan fingerprint density at radius 1 is 1.77 bits per heavy atom. The van der Waals surface area contributed by atoms with Crippen molar-refractivity contribution in [1.82, 2.24) is 15.2 Å². The van der Waals surface area contributed by atoms with Crippen LogP contribution in [0.15, 0.2) is 11.2 Å². The molecule has 0 amide bonds. The average molecular weight is 197 g/mol. The maximum Gasteiger partial charge on any atom is 0.221 e. The highest BCUT2D eigenvalue weighted by molar-refractivity contribution is 7.80. The maximum absolute atomic E-state index is 5.00. The first kappa shape index (κ1) is 9.82.